The average Bonchev–Trinajstić information content (AvgIpc) is 2.57. The normalized spacial score (nSPS) is 19.4. The van der Waals surface area contributed by atoms with Crippen molar-refractivity contribution in [3.05, 3.63) is 29.8 Å². The SMILES string of the molecule is CN1C(=O)CC(Sc2cccc(C(=O)O)c2)C1=O. The van der Waals surface area contributed by atoms with E-state index in [0.29, 0.717) is 4.90 Å². The quantitative estimate of drug-likeness (QED) is 0.832. The lowest BCUT2D eigenvalue weighted by atomic mass is 10.2. The molecule has 94 valence electrons. The third-order valence-corrected chi connectivity index (χ3v) is 3.88. The average molecular weight is 265 g/mol. The van der Waals surface area contributed by atoms with Gasteiger partial charge in [-0.05, 0) is 18.2 Å². The topological polar surface area (TPSA) is 74.7 Å². The van der Waals surface area contributed by atoms with Crippen molar-refractivity contribution < 1.29 is 19.5 Å². The van der Waals surface area contributed by atoms with Crippen molar-refractivity contribution in [2.45, 2.75) is 16.6 Å². The molecule has 0 aliphatic carbocycles. The zero-order valence-electron chi connectivity index (χ0n) is 9.62. The van der Waals surface area contributed by atoms with Gasteiger partial charge in [-0.3, -0.25) is 14.5 Å². The summed E-state index contributed by atoms with van der Waals surface area (Å²) in [6.07, 6.45) is 0.164. The van der Waals surface area contributed by atoms with Gasteiger partial charge in [0.25, 0.3) is 0 Å². The first kappa shape index (κ1) is 12.6. The largest absolute Gasteiger partial charge is 0.478 e. The molecule has 0 bridgehead atoms. The van der Waals surface area contributed by atoms with Crippen molar-refractivity contribution in [2.24, 2.45) is 0 Å². The minimum Gasteiger partial charge on any atom is -0.478 e. The van der Waals surface area contributed by atoms with E-state index >= 15 is 0 Å². The summed E-state index contributed by atoms with van der Waals surface area (Å²) < 4.78 is 0. The molecule has 1 fully saturated rings. The number of aromatic carboxylic acids is 1. The van der Waals surface area contributed by atoms with Crippen LogP contribution in [-0.4, -0.2) is 40.1 Å². The van der Waals surface area contributed by atoms with Crippen molar-refractivity contribution in [2.75, 3.05) is 7.05 Å². The van der Waals surface area contributed by atoms with Gasteiger partial charge in [-0.2, -0.15) is 0 Å². The van der Waals surface area contributed by atoms with Crippen LogP contribution in [0.2, 0.25) is 0 Å². The number of thioether (sulfide) groups is 1. The molecule has 0 aromatic heterocycles. The number of nitrogens with zero attached hydrogens (tertiary/aromatic N) is 1. The molecule has 1 saturated heterocycles. The highest BCUT2D eigenvalue weighted by molar-refractivity contribution is 8.00. The molecule has 1 aliphatic rings. The van der Waals surface area contributed by atoms with Gasteiger partial charge >= 0.3 is 5.97 Å². The number of carbonyl (C=O) groups excluding carboxylic acids is 2. The van der Waals surface area contributed by atoms with E-state index < -0.39 is 11.2 Å². The van der Waals surface area contributed by atoms with Crippen LogP contribution in [0.3, 0.4) is 0 Å². The molecule has 0 spiro atoms. The molecule has 1 aromatic carbocycles. The van der Waals surface area contributed by atoms with Crippen LogP contribution in [0.25, 0.3) is 0 Å². The first-order valence-electron chi connectivity index (χ1n) is 5.29. The molecule has 2 rings (SSSR count). The maximum atomic E-state index is 11.7. The molecule has 1 atom stereocenters. The fourth-order valence-corrected chi connectivity index (χ4v) is 2.85. The summed E-state index contributed by atoms with van der Waals surface area (Å²) in [4.78, 5) is 35.7. The lowest BCUT2D eigenvalue weighted by molar-refractivity contribution is -0.136. The second-order valence-corrected chi connectivity index (χ2v) is 5.21. The maximum absolute atomic E-state index is 11.7. The molecule has 6 heteroatoms. The summed E-state index contributed by atoms with van der Waals surface area (Å²) in [5.74, 6) is -1.44. The van der Waals surface area contributed by atoms with Gasteiger partial charge < -0.3 is 5.11 Å². The van der Waals surface area contributed by atoms with Gasteiger partial charge in [0.05, 0.1) is 10.8 Å². The van der Waals surface area contributed by atoms with Gasteiger partial charge in [-0.15, -0.1) is 11.8 Å². The van der Waals surface area contributed by atoms with Gasteiger partial charge in [-0.25, -0.2) is 4.79 Å². The van der Waals surface area contributed by atoms with Gasteiger partial charge in [-0.1, -0.05) is 6.07 Å². The number of likely N-dealkylation sites (tertiary alicyclic amines) is 1. The number of rotatable bonds is 3. The number of hydrogen-bond acceptors (Lipinski definition) is 4. The number of amides is 2. The molecule has 1 heterocycles. The monoisotopic (exact) mass is 265 g/mol. The van der Waals surface area contributed by atoms with Crippen LogP contribution >= 0.6 is 11.8 Å². The molecule has 1 unspecified atom stereocenters. The van der Waals surface area contributed by atoms with E-state index in [4.69, 9.17) is 5.11 Å². The Hall–Kier alpha value is -1.82. The van der Waals surface area contributed by atoms with E-state index in [0.717, 1.165) is 4.90 Å². The highest BCUT2D eigenvalue weighted by Gasteiger charge is 2.36. The Bertz CT molecular complexity index is 529. The third-order valence-electron chi connectivity index (χ3n) is 2.70. The van der Waals surface area contributed by atoms with E-state index in [2.05, 4.69) is 0 Å². The summed E-state index contributed by atoms with van der Waals surface area (Å²) in [6.45, 7) is 0. The number of hydrogen-bond donors (Lipinski definition) is 1. The van der Waals surface area contributed by atoms with Crippen LogP contribution < -0.4 is 0 Å². The molecule has 5 nitrogen and oxygen atoms in total. The molecular formula is C12H11NO4S. The predicted octanol–water partition coefficient (Wildman–Crippen LogP) is 1.23. The summed E-state index contributed by atoms with van der Waals surface area (Å²) in [5, 5.41) is 8.42. The minimum atomic E-state index is -1.01. The Morgan fingerprint density at radius 2 is 2.17 bits per heavy atom. The Labute approximate surface area is 108 Å². The van der Waals surface area contributed by atoms with E-state index in [1.165, 1.54) is 30.9 Å². The second-order valence-electron chi connectivity index (χ2n) is 3.93. The molecule has 2 amide bonds. The highest BCUT2D eigenvalue weighted by Crippen LogP contribution is 2.31. The fraction of sp³-hybridized carbons (Fsp3) is 0.250. The van der Waals surface area contributed by atoms with Crippen LogP contribution in [0.15, 0.2) is 29.2 Å². The molecule has 1 aromatic rings. The molecule has 1 N–H and O–H groups in total. The Balaban J connectivity index is 2.15. The zero-order chi connectivity index (χ0) is 13.3. The van der Waals surface area contributed by atoms with Crippen LogP contribution in [0.1, 0.15) is 16.8 Å². The molecular weight excluding hydrogens is 254 g/mol. The number of carboxylic acid groups (broad SMARTS) is 1. The second kappa shape index (κ2) is 4.81. The zero-order valence-corrected chi connectivity index (χ0v) is 10.4. The number of carbonyl (C=O) groups is 3. The first-order valence-corrected chi connectivity index (χ1v) is 6.17. The van der Waals surface area contributed by atoms with Crippen molar-refractivity contribution in [3.63, 3.8) is 0 Å². The van der Waals surface area contributed by atoms with Gasteiger partial charge in [0.2, 0.25) is 11.8 Å². The Kier molecular flexibility index (Phi) is 3.38. The first-order chi connectivity index (χ1) is 8.49. The Morgan fingerprint density at radius 3 is 2.72 bits per heavy atom. The summed E-state index contributed by atoms with van der Waals surface area (Å²) in [6, 6.07) is 6.34. The minimum absolute atomic E-state index is 0.164. The van der Waals surface area contributed by atoms with Crippen LogP contribution in [0, 0.1) is 0 Å². The van der Waals surface area contributed by atoms with Crippen molar-refractivity contribution >= 4 is 29.5 Å². The predicted molar refractivity (Wildman–Crippen MR) is 65.4 cm³/mol. The third kappa shape index (κ3) is 2.38. The van der Waals surface area contributed by atoms with Crippen molar-refractivity contribution in [1.82, 2.24) is 4.90 Å². The summed E-state index contributed by atoms with van der Waals surface area (Å²) >= 11 is 1.22. The molecule has 1 aliphatic heterocycles. The summed E-state index contributed by atoms with van der Waals surface area (Å²) in [7, 11) is 1.46. The highest BCUT2D eigenvalue weighted by atomic mass is 32.2. The van der Waals surface area contributed by atoms with Gasteiger partial charge in [0.1, 0.15) is 0 Å². The van der Waals surface area contributed by atoms with Crippen LogP contribution in [-0.2, 0) is 9.59 Å². The number of benzene rings is 1. The number of imide groups is 1. The van der Waals surface area contributed by atoms with E-state index in [-0.39, 0.29) is 23.8 Å². The maximum Gasteiger partial charge on any atom is 0.335 e. The standard InChI is InChI=1S/C12H11NO4S/c1-13-10(14)6-9(11(13)15)18-8-4-2-3-7(5-8)12(16)17/h2-5,9H,6H2,1H3,(H,16,17). The molecule has 18 heavy (non-hydrogen) atoms. The number of carboxylic acids is 1. The smallest absolute Gasteiger partial charge is 0.335 e. The van der Waals surface area contributed by atoms with Crippen LogP contribution in [0.4, 0.5) is 0 Å². The van der Waals surface area contributed by atoms with E-state index in [9.17, 15) is 14.4 Å². The fourth-order valence-electron chi connectivity index (χ4n) is 1.68. The lowest BCUT2D eigenvalue weighted by Crippen LogP contribution is -2.26. The van der Waals surface area contributed by atoms with Crippen LogP contribution in [0.5, 0.6) is 0 Å². The van der Waals surface area contributed by atoms with Crippen molar-refractivity contribution in [1.29, 1.82) is 0 Å². The molecule has 0 saturated carbocycles. The lowest BCUT2D eigenvalue weighted by Gasteiger charge is -2.08. The van der Waals surface area contributed by atoms with E-state index in [1.54, 1.807) is 12.1 Å². The summed E-state index contributed by atoms with van der Waals surface area (Å²) in [5.41, 5.74) is 0.171. The van der Waals surface area contributed by atoms with Crippen molar-refractivity contribution in [3.8, 4) is 0 Å². The van der Waals surface area contributed by atoms with E-state index in [1.807, 2.05) is 0 Å². The van der Waals surface area contributed by atoms with Gasteiger partial charge in [0, 0.05) is 18.4 Å². The molecule has 0 radical (unpaired) electrons. The Morgan fingerprint density at radius 1 is 1.44 bits per heavy atom. The van der Waals surface area contributed by atoms with Gasteiger partial charge in [0.15, 0.2) is 0 Å².